The van der Waals surface area contributed by atoms with Crippen molar-refractivity contribution in [1.82, 2.24) is 25.0 Å². The molecule has 0 atom stereocenters. The van der Waals surface area contributed by atoms with Crippen LogP contribution in [0.5, 0.6) is 0 Å². The molecule has 0 radical (unpaired) electrons. The fraction of sp³-hybridized carbons (Fsp3) is 0.200. The number of fused-ring (bicyclic) bond motifs is 1. The lowest BCUT2D eigenvalue weighted by atomic mass is 10.2. The molecule has 0 saturated carbocycles. The van der Waals surface area contributed by atoms with Crippen LogP contribution in [0.25, 0.3) is 11.0 Å². The average Bonchev–Trinajstić information content (AvgIpc) is 3.22. The molecular weight excluding hydrogens is 402 g/mol. The highest BCUT2D eigenvalue weighted by molar-refractivity contribution is 5.97. The summed E-state index contributed by atoms with van der Waals surface area (Å²) < 4.78 is 1.81. The van der Waals surface area contributed by atoms with E-state index >= 15 is 0 Å². The van der Waals surface area contributed by atoms with E-state index in [2.05, 4.69) is 15.4 Å². The van der Waals surface area contributed by atoms with Gasteiger partial charge in [-0.2, -0.15) is 5.10 Å². The van der Waals surface area contributed by atoms with E-state index in [1.165, 1.54) is 0 Å². The minimum absolute atomic E-state index is 0.0232. The number of hydrogen-bond acceptors (Lipinski definition) is 4. The van der Waals surface area contributed by atoms with Crippen molar-refractivity contribution in [1.29, 1.82) is 0 Å². The van der Waals surface area contributed by atoms with E-state index in [4.69, 9.17) is 0 Å². The zero-order chi connectivity index (χ0) is 22.3. The summed E-state index contributed by atoms with van der Waals surface area (Å²) in [6.45, 7) is 1.42. The largest absolute Gasteiger partial charge is 0.351 e. The zero-order valence-electron chi connectivity index (χ0n) is 17.9. The lowest BCUT2D eigenvalue weighted by Crippen LogP contribution is -2.31. The average molecular weight is 428 g/mol. The summed E-state index contributed by atoms with van der Waals surface area (Å²) in [5.74, 6) is -0.279. The summed E-state index contributed by atoms with van der Waals surface area (Å²) in [5.41, 5.74) is 3.37. The molecule has 0 bridgehead atoms. The number of benzene rings is 2. The predicted molar refractivity (Wildman–Crippen MR) is 123 cm³/mol. The van der Waals surface area contributed by atoms with Crippen LogP contribution in [0.1, 0.15) is 27.9 Å². The fourth-order valence-corrected chi connectivity index (χ4v) is 3.49. The minimum Gasteiger partial charge on any atom is -0.351 e. The maximum atomic E-state index is 12.5. The van der Waals surface area contributed by atoms with Gasteiger partial charge in [-0.05, 0) is 17.2 Å². The van der Waals surface area contributed by atoms with Crippen LogP contribution < -0.4 is 5.32 Å². The van der Waals surface area contributed by atoms with Crippen LogP contribution >= 0.6 is 0 Å². The van der Waals surface area contributed by atoms with Crippen molar-refractivity contribution in [3.05, 3.63) is 95.8 Å². The molecule has 2 aromatic carbocycles. The Morgan fingerprint density at radius 3 is 2.38 bits per heavy atom. The van der Waals surface area contributed by atoms with E-state index in [1.54, 1.807) is 30.4 Å². The van der Waals surface area contributed by atoms with Gasteiger partial charge in [-0.3, -0.25) is 9.59 Å². The molecule has 7 heteroatoms. The smallest absolute Gasteiger partial charge is 0.252 e. The van der Waals surface area contributed by atoms with Gasteiger partial charge in [0.05, 0.1) is 18.3 Å². The molecule has 1 N–H and O–H groups in total. The maximum absolute atomic E-state index is 12.5. The van der Waals surface area contributed by atoms with E-state index in [1.807, 2.05) is 65.3 Å². The molecule has 2 aromatic heterocycles. The van der Waals surface area contributed by atoms with E-state index in [0.29, 0.717) is 18.7 Å². The molecule has 7 nitrogen and oxygen atoms in total. The van der Waals surface area contributed by atoms with Crippen LogP contribution in [0.4, 0.5) is 0 Å². The van der Waals surface area contributed by atoms with Gasteiger partial charge in [0.25, 0.3) is 5.91 Å². The number of amides is 2. The van der Waals surface area contributed by atoms with Gasteiger partial charge in [0, 0.05) is 38.1 Å². The first kappa shape index (κ1) is 21.2. The lowest BCUT2D eigenvalue weighted by molar-refractivity contribution is -0.130. The van der Waals surface area contributed by atoms with E-state index < -0.39 is 0 Å². The van der Waals surface area contributed by atoms with Gasteiger partial charge in [0.1, 0.15) is 0 Å². The maximum Gasteiger partial charge on any atom is 0.252 e. The topological polar surface area (TPSA) is 80.1 Å². The normalized spacial score (nSPS) is 10.8. The second-order valence-electron chi connectivity index (χ2n) is 7.67. The van der Waals surface area contributed by atoms with Gasteiger partial charge in [-0.15, -0.1) is 0 Å². The van der Waals surface area contributed by atoms with E-state index in [0.717, 1.165) is 22.2 Å². The van der Waals surface area contributed by atoms with Crippen LogP contribution in [0.2, 0.25) is 0 Å². The Balaban J connectivity index is 1.31. The van der Waals surface area contributed by atoms with Gasteiger partial charge in [0.15, 0.2) is 5.65 Å². The molecule has 0 fully saturated rings. The van der Waals surface area contributed by atoms with Crippen molar-refractivity contribution in [2.24, 2.45) is 0 Å². The third-order valence-electron chi connectivity index (χ3n) is 5.23. The Morgan fingerprint density at radius 1 is 0.969 bits per heavy atom. The Morgan fingerprint density at radius 2 is 1.66 bits per heavy atom. The zero-order valence-corrected chi connectivity index (χ0v) is 17.9. The van der Waals surface area contributed by atoms with E-state index in [-0.39, 0.29) is 24.8 Å². The molecule has 0 spiro atoms. The Hall–Kier alpha value is -4.00. The van der Waals surface area contributed by atoms with Crippen molar-refractivity contribution in [3.63, 3.8) is 0 Å². The van der Waals surface area contributed by atoms with Crippen molar-refractivity contribution in [2.45, 2.75) is 19.5 Å². The van der Waals surface area contributed by atoms with Gasteiger partial charge in [-0.25, -0.2) is 9.67 Å². The first-order valence-electron chi connectivity index (χ1n) is 10.5. The van der Waals surface area contributed by atoms with E-state index in [9.17, 15) is 9.59 Å². The number of nitrogens with one attached hydrogen (secondary N) is 1. The molecule has 0 aliphatic rings. The first-order chi connectivity index (χ1) is 15.6. The number of rotatable bonds is 8. The highest BCUT2D eigenvalue weighted by atomic mass is 16.2. The third kappa shape index (κ3) is 5.18. The van der Waals surface area contributed by atoms with Crippen molar-refractivity contribution >= 4 is 22.8 Å². The summed E-state index contributed by atoms with van der Waals surface area (Å²) >= 11 is 0. The first-order valence-corrected chi connectivity index (χ1v) is 10.5. The number of carbonyl (C=O) groups excluding carboxylic acids is 2. The van der Waals surface area contributed by atoms with Gasteiger partial charge in [-0.1, -0.05) is 60.7 Å². The van der Waals surface area contributed by atoms with Gasteiger partial charge < -0.3 is 10.2 Å². The molecule has 32 heavy (non-hydrogen) atoms. The minimum atomic E-state index is -0.256. The van der Waals surface area contributed by atoms with Crippen LogP contribution in [0, 0.1) is 0 Å². The van der Waals surface area contributed by atoms with Crippen molar-refractivity contribution in [3.8, 4) is 0 Å². The summed E-state index contributed by atoms with van der Waals surface area (Å²) in [5, 5.41) is 8.01. The quantitative estimate of drug-likeness (QED) is 0.468. The van der Waals surface area contributed by atoms with Crippen LogP contribution in [0.15, 0.2) is 79.1 Å². The number of nitrogens with zero attached hydrogens (tertiary/aromatic N) is 4. The molecule has 162 valence electrons. The predicted octanol–water partition coefficient (Wildman–Crippen LogP) is 3.26. The second kappa shape index (κ2) is 9.87. The molecule has 2 heterocycles. The van der Waals surface area contributed by atoms with Gasteiger partial charge >= 0.3 is 0 Å². The number of hydrogen-bond donors (Lipinski definition) is 1. The van der Waals surface area contributed by atoms with Crippen LogP contribution in [-0.2, 0) is 17.9 Å². The highest BCUT2D eigenvalue weighted by Crippen LogP contribution is 2.15. The van der Waals surface area contributed by atoms with Crippen LogP contribution in [-0.4, -0.2) is 45.1 Å². The monoisotopic (exact) mass is 427 g/mol. The second-order valence-corrected chi connectivity index (χ2v) is 7.67. The van der Waals surface area contributed by atoms with Crippen molar-refractivity contribution < 1.29 is 9.59 Å². The summed E-state index contributed by atoms with van der Waals surface area (Å²) in [4.78, 5) is 31.0. The summed E-state index contributed by atoms with van der Waals surface area (Å²) in [6, 6.07) is 21.6. The number of aromatic nitrogens is 3. The lowest BCUT2D eigenvalue weighted by Gasteiger charge is -2.17. The SMILES string of the molecule is CN(Cc1ccccc1)C(=O)CCNC(=O)c1cnc2c(cnn2Cc2ccccc2)c1. The van der Waals surface area contributed by atoms with Gasteiger partial charge in [0.2, 0.25) is 5.91 Å². The van der Waals surface area contributed by atoms with Crippen molar-refractivity contribution in [2.75, 3.05) is 13.6 Å². The molecule has 0 saturated heterocycles. The molecule has 2 amide bonds. The Labute approximate surface area is 186 Å². The Kier molecular flexibility index (Phi) is 6.55. The molecule has 4 aromatic rings. The molecule has 0 aliphatic heterocycles. The molecule has 4 rings (SSSR count). The number of carbonyl (C=O) groups is 2. The molecular formula is C25H25N5O2. The third-order valence-corrected chi connectivity index (χ3v) is 5.23. The fourth-order valence-electron chi connectivity index (χ4n) is 3.49. The summed E-state index contributed by atoms with van der Waals surface area (Å²) in [7, 11) is 1.77. The molecule has 0 aliphatic carbocycles. The summed E-state index contributed by atoms with van der Waals surface area (Å²) in [6.07, 6.45) is 3.49. The highest BCUT2D eigenvalue weighted by Gasteiger charge is 2.13. The number of pyridine rings is 1. The molecule has 0 unspecified atom stereocenters. The van der Waals surface area contributed by atoms with Crippen LogP contribution in [0.3, 0.4) is 0 Å². The Bertz CT molecular complexity index is 1200. The standard InChI is InChI=1S/C25H25N5O2/c1-29(17-19-8-4-2-5-9-19)23(31)12-13-26-25(32)22-14-21-16-28-30(24(21)27-15-22)18-20-10-6-3-7-11-20/h2-11,14-16H,12-13,17-18H2,1H3,(H,26,32).